The lowest BCUT2D eigenvalue weighted by Gasteiger charge is -2.56. The van der Waals surface area contributed by atoms with Crippen molar-refractivity contribution in [2.24, 2.45) is 28.6 Å². The fourth-order valence-corrected chi connectivity index (χ4v) is 11.7. The quantitative estimate of drug-likeness (QED) is 0.0404. The summed E-state index contributed by atoms with van der Waals surface area (Å²) in [5, 5.41) is 0. The summed E-state index contributed by atoms with van der Waals surface area (Å²) in [7, 11) is 4.01. The second-order valence-electron chi connectivity index (χ2n) is 20.5. The number of ketones is 1. The summed E-state index contributed by atoms with van der Waals surface area (Å²) in [6.07, 6.45) is 32.6. The number of esters is 2. The van der Waals surface area contributed by atoms with E-state index in [2.05, 4.69) is 38.7 Å². The first kappa shape index (κ1) is 50.4. The Morgan fingerprint density at radius 3 is 1.90 bits per heavy atom. The van der Waals surface area contributed by atoms with Crippen molar-refractivity contribution in [1.82, 2.24) is 9.80 Å². The SMILES string of the molecule is CCCCCCCC(CCCCCCC)OC(=O)CCCCCCN(CCCCCC(=O)OC1CCC2(C)C(=CCC3C4CCC(=O)C4(C)CCC32)C1)C(=O)CCN(C)C. The van der Waals surface area contributed by atoms with Crippen molar-refractivity contribution in [3.05, 3.63) is 11.6 Å². The number of carbonyl (C=O) groups is 4. The van der Waals surface area contributed by atoms with Crippen LogP contribution < -0.4 is 0 Å². The third-order valence-corrected chi connectivity index (χ3v) is 15.6. The van der Waals surface area contributed by atoms with E-state index < -0.39 is 0 Å². The standard InChI is InChI=1S/C52H90N2O6/c1-7-9-11-13-18-24-42(25-19-14-12-10-8-2)59-49(57)26-20-15-16-22-37-54(48(56)34-39-53(5)6)38-23-17-21-27-50(58)60-43-32-35-51(3)41(40-43)28-29-44-45-30-31-47(55)52(45,4)36-33-46(44)51/h28,42-46H,7-27,29-40H2,1-6H3. The molecule has 3 fully saturated rings. The number of ether oxygens (including phenoxy) is 2. The van der Waals surface area contributed by atoms with Crippen LogP contribution in [0.5, 0.6) is 0 Å². The Balaban J connectivity index is 1.11. The Bertz CT molecular complexity index is 1330. The molecule has 4 rings (SSSR count). The first-order chi connectivity index (χ1) is 28.9. The van der Waals surface area contributed by atoms with Crippen LogP contribution in [0.25, 0.3) is 0 Å². The molecule has 0 spiro atoms. The van der Waals surface area contributed by atoms with Crippen LogP contribution in [0.15, 0.2) is 11.6 Å². The van der Waals surface area contributed by atoms with E-state index in [1.807, 2.05) is 19.0 Å². The topological polar surface area (TPSA) is 93.2 Å². The van der Waals surface area contributed by atoms with Gasteiger partial charge in [-0.1, -0.05) is 110 Å². The summed E-state index contributed by atoms with van der Waals surface area (Å²) in [5.41, 5.74) is 1.57. The Labute approximate surface area is 367 Å². The molecule has 0 N–H and O–H groups in total. The van der Waals surface area contributed by atoms with Crippen LogP contribution in [0, 0.1) is 28.6 Å². The van der Waals surface area contributed by atoms with Gasteiger partial charge in [-0.2, -0.15) is 0 Å². The van der Waals surface area contributed by atoms with Gasteiger partial charge >= 0.3 is 11.9 Å². The van der Waals surface area contributed by atoms with Gasteiger partial charge < -0.3 is 19.3 Å². The molecule has 8 heteroatoms. The molecule has 0 aliphatic heterocycles. The zero-order chi connectivity index (χ0) is 43.4. The van der Waals surface area contributed by atoms with E-state index >= 15 is 0 Å². The van der Waals surface area contributed by atoms with E-state index in [9.17, 15) is 19.2 Å². The summed E-state index contributed by atoms with van der Waals surface area (Å²) in [5.74, 6) is 2.38. The number of rotatable bonds is 30. The van der Waals surface area contributed by atoms with Gasteiger partial charge in [-0.3, -0.25) is 19.2 Å². The summed E-state index contributed by atoms with van der Waals surface area (Å²) in [4.78, 5) is 56.0. The van der Waals surface area contributed by atoms with Gasteiger partial charge in [0.05, 0.1) is 0 Å². The van der Waals surface area contributed by atoms with E-state index in [0.717, 1.165) is 142 Å². The molecular weight excluding hydrogens is 749 g/mol. The molecule has 0 aromatic carbocycles. The molecule has 0 heterocycles. The lowest BCUT2D eigenvalue weighted by atomic mass is 9.48. The highest BCUT2D eigenvalue weighted by atomic mass is 16.5. The fraction of sp³-hybridized carbons (Fsp3) is 0.885. The fourth-order valence-electron chi connectivity index (χ4n) is 11.7. The number of hydrogen-bond donors (Lipinski definition) is 0. The van der Waals surface area contributed by atoms with Crippen LogP contribution in [-0.4, -0.2) is 79.4 Å². The van der Waals surface area contributed by atoms with Crippen LogP contribution >= 0.6 is 0 Å². The smallest absolute Gasteiger partial charge is 0.306 e. The molecule has 6 unspecified atom stereocenters. The number of allylic oxidation sites excluding steroid dienone is 1. The number of fused-ring (bicyclic) bond motifs is 5. The highest BCUT2D eigenvalue weighted by Gasteiger charge is 2.58. The lowest BCUT2D eigenvalue weighted by Crippen LogP contribution is -2.50. The van der Waals surface area contributed by atoms with E-state index in [1.54, 1.807) is 0 Å². The number of hydrogen-bond acceptors (Lipinski definition) is 7. The third kappa shape index (κ3) is 15.5. The molecule has 1 amide bonds. The first-order valence-electron chi connectivity index (χ1n) is 25.5. The molecule has 0 radical (unpaired) electrons. The molecule has 0 aromatic rings. The van der Waals surface area contributed by atoms with Crippen molar-refractivity contribution in [3.8, 4) is 0 Å². The van der Waals surface area contributed by atoms with Crippen LogP contribution in [0.3, 0.4) is 0 Å². The number of amides is 1. The second-order valence-corrected chi connectivity index (χ2v) is 20.5. The number of nitrogens with zero attached hydrogens (tertiary/aromatic N) is 2. The first-order valence-corrected chi connectivity index (χ1v) is 25.5. The van der Waals surface area contributed by atoms with Gasteiger partial charge in [-0.15, -0.1) is 0 Å². The van der Waals surface area contributed by atoms with E-state index in [0.29, 0.717) is 42.8 Å². The zero-order valence-corrected chi connectivity index (χ0v) is 39.6. The van der Waals surface area contributed by atoms with Crippen molar-refractivity contribution in [1.29, 1.82) is 0 Å². The second kappa shape index (κ2) is 26.4. The molecule has 6 atom stereocenters. The Kier molecular flexibility index (Phi) is 22.2. The molecule has 0 aromatic heterocycles. The maximum atomic E-state index is 13.2. The summed E-state index contributed by atoms with van der Waals surface area (Å²) < 4.78 is 12.1. The average molecular weight is 839 g/mol. The minimum Gasteiger partial charge on any atom is -0.462 e. The lowest BCUT2D eigenvalue weighted by molar-refractivity contribution is -0.152. The molecule has 3 saturated carbocycles. The molecule has 8 nitrogen and oxygen atoms in total. The predicted molar refractivity (Wildman–Crippen MR) is 245 cm³/mol. The van der Waals surface area contributed by atoms with Crippen molar-refractivity contribution in [2.45, 2.75) is 233 Å². The maximum Gasteiger partial charge on any atom is 0.306 e. The van der Waals surface area contributed by atoms with Gasteiger partial charge in [0.25, 0.3) is 0 Å². The van der Waals surface area contributed by atoms with Gasteiger partial charge in [-0.25, -0.2) is 0 Å². The Hall–Kier alpha value is -2.22. The van der Waals surface area contributed by atoms with Crippen molar-refractivity contribution >= 4 is 23.6 Å². The molecule has 4 aliphatic carbocycles. The van der Waals surface area contributed by atoms with Crippen molar-refractivity contribution in [3.63, 3.8) is 0 Å². The molecule has 60 heavy (non-hydrogen) atoms. The van der Waals surface area contributed by atoms with Crippen molar-refractivity contribution < 1.29 is 28.7 Å². The van der Waals surface area contributed by atoms with Gasteiger partial charge in [0, 0.05) is 57.2 Å². The average Bonchev–Trinajstić information content (AvgIpc) is 3.53. The van der Waals surface area contributed by atoms with Crippen LogP contribution in [0.2, 0.25) is 0 Å². The van der Waals surface area contributed by atoms with Gasteiger partial charge in [-0.05, 0) is 127 Å². The van der Waals surface area contributed by atoms with E-state index in [-0.39, 0.29) is 40.9 Å². The maximum absolute atomic E-state index is 13.2. The van der Waals surface area contributed by atoms with Crippen molar-refractivity contribution in [2.75, 3.05) is 33.7 Å². The summed E-state index contributed by atoms with van der Waals surface area (Å²) in [6, 6.07) is 0. The van der Waals surface area contributed by atoms with Crippen LogP contribution in [0.1, 0.15) is 220 Å². The molecular formula is C52H90N2O6. The normalized spacial score (nSPS) is 26.1. The minimum absolute atomic E-state index is 0.0297. The summed E-state index contributed by atoms with van der Waals surface area (Å²) >= 11 is 0. The minimum atomic E-state index is -0.0982. The van der Waals surface area contributed by atoms with Gasteiger partial charge in [0.1, 0.15) is 18.0 Å². The van der Waals surface area contributed by atoms with Crippen LogP contribution in [-0.2, 0) is 28.7 Å². The number of unbranched alkanes of at least 4 members (excludes halogenated alkanes) is 13. The number of Topliss-reactive ketones (excluding diaryl/α,β-unsaturated/α-hetero) is 1. The molecule has 0 saturated heterocycles. The molecule has 0 bridgehead atoms. The predicted octanol–water partition coefficient (Wildman–Crippen LogP) is 12.4. The van der Waals surface area contributed by atoms with Crippen LogP contribution in [0.4, 0.5) is 0 Å². The molecule has 4 aliphatic rings. The monoisotopic (exact) mass is 839 g/mol. The highest BCUT2D eigenvalue weighted by molar-refractivity contribution is 5.87. The van der Waals surface area contributed by atoms with E-state index in [4.69, 9.17) is 9.47 Å². The van der Waals surface area contributed by atoms with E-state index in [1.165, 1.54) is 56.9 Å². The third-order valence-electron chi connectivity index (χ3n) is 15.6. The Morgan fingerprint density at radius 1 is 0.683 bits per heavy atom. The largest absolute Gasteiger partial charge is 0.462 e. The van der Waals surface area contributed by atoms with Gasteiger partial charge in [0.15, 0.2) is 0 Å². The zero-order valence-electron chi connectivity index (χ0n) is 39.6. The summed E-state index contributed by atoms with van der Waals surface area (Å²) in [6.45, 7) is 11.4. The Morgan fingerprint density at radius 2 is 1.25 bits per heavy atom. The number of carbonyl (C=O) groups excluding carboxylic acids is 4. The van der Waals surface area contributed by atoms with Gasteiger partial charge in [0.2, 0.25) is 5.91 Å². The highest BCUT2D eigenvalue weighted by Crippen LogP contribution is 2.64. The molecule has 344 valence electrons.